The second kappa shape index (κ2) is 2.52. The van der Waals surface area contributed by atoms with E-state index in [-0.39, 0.29) is 0 Å². The molecule has 1 nitrogen and oxygen atoms in total. The Kier molecular flexibility index (Phi) is 2.14. The van der Waals surface area contributed by atoms with Gasteiger partial charge in [-0.1, -0.05) is 0 Å². The van der Waals surface area contributed by atoms with Gasteiger partial charge in [-0.25, -0.2) is 0 Å². The van der Waals surface area contributed by atoms with E-state index >= 15 is 0 Å². The standard InChI is InChI=1S/C6H13IN/c1-4-5-6(7-5)8(2)3/h5-6H,4H2,1-3H3/q-1/p+1. The van der Waals surface area contributed by atoms with Crippen LogP contribution in [0, 0.1) is 0 Å². The van der Waals surface area contributed by atoms with E-state index in [2.05, 4.69) is 21.0 Å². The molecule has 2 heteroatoms. The summed E-state index contributed by atoms with van der Waals surface area (Å²) in [5.74, 6) is 0. The molecule has 0 spiro atoms. The Morgan fingerprint density at radius 3 is 2.25 bits per heavy atom. The molecule has 1 saturated heterocycles. The van der Waals surface area contributed by atoms with Crippen molar-refractivity contribution in [3.63, 3.8) is 0 Å². The minimum absolute atomic E-state index is 0.631. The van der Waals surface area contributed by atoms with Gasteiger partial charge in [0.25, 0.3) is 0 Å². The van der Waals surface area contributed by atoms with Crippen LogP contribution in [0.15, 0.2) is 0 Å². The van der Waals surface area contributed by atoms with Crippen LogP contribution in [0.4, 0.5) is 0 Å². The SMILES string of the molecule is CCC1[I-]C1[NH+](C)C. The van der Waals surface area contributed by atoms with Gasteiger partial charge in [-0.05, 0) is 0 Å². The van der Waals surface area contributed by atoms with Gasteiger partial charge >= 0.3 is 61.5 Å². The van der Waals surface area contributed by atoms with Gasteiger partial charge in [0.2, 0.25) is 0 Å². The second-order valence-corrected chi connectivity index (χ2v) is 6.19. The normalized spacial score (nSPS) is 37.0. The predicted molar refractivity (Wildman–Crippen MR) is 30.7 cm³/mol. The molecule has 0 radical (unpaired) electrons. The molecule has 1 rings (SSSR count). The summed E-state index contributed by atoms with van der Waals surface area (Å²) in [7, 11) is 4.56. The molecule has 8 heavy (non-hydrogen) atoms. The molecule has 2 atom stereocenters. The monoisotopic (exact) mass is 227 g/mol. The fraction of sp³-hybridized carbons (Fsp3) is 1.00. The number of hydrogen-bond donors (Lipinski definition) is 1. The average Bonchev–Trinajstić information content (AvgIpc) is 2.42. The molecule has 0 aromatic rings. The van der Waals surface area contributed by atoms with Crippen molar-refractivity contribution in [1.29, 1.82) is 0 Å². The van der Waals surface area contributed by atoms with Crippen LogP contribution in [0.3, 0.4) is 0 Å². The summed E-state index contributed by atoms with van der Waals surface area (Å²) in [6, 6.07) is 0. The molecule has 0 saturated carbocycles. The van der Waals surface area contributed by atoms with Crippen molar-refractivity contribution < 1.29 is 26.1 Å². The van der Waals surface area contributed by atoms with Gasteiger partial charge in [0.15, 0.2) is 0 Å². The van der Waals surface area contributed by atoms with Crippen LogP contribution >= 0.6 is 0 Å². The van der Waals surface area contributed by atoms with Crippen LogP contribution in [-0.4, -0.2) is 22.1 Å². The molecule has 2 unspecified atom stereocenters. The number of quaternary nitrogens is 1. The van der Waals surface area contributed by atoms with Gasteiger partial charge < -0.3 is 0 Å². The van der Waals surface area contributed by atoms with E-state index in [1.165, 1.54) is 10.3 Å². The van der Waals surface area contributed by atoms with Gasteiger partial charge in [-0.2, -0.15) is 0 Å². The van der Waals surface area contributed by atoms with Gasteiger partial charge in [0.1, 0.15) is 0 Å². The quantitative estimate of drug-likeness (QED) is 0.282. The first-order chi connectivity index (χ1) is 3.75. The molecule has 0 bridgehead atoms. The average molecular weight is 227 g/mol. The molecule has 0 aliphatic carbocycles. The number of halogens is 1. The summed E-state index contributed by atoms with van der Waals surface area (Å²) in [6.07, 6.45) is 1.43. The fourth-order valence-electron chi connectivity index (χ4n) is 0.916. The Hall–Kier alpha value is 0.690. The van der Waals surface area contributed by atoms with E-state index in [4.69, 9.17) is 0 Å². The van der Waals surface area contributed by atoms with Crippen molar-refractivity contribution in [2.45, 2.75) is 21.3 Å². The van der Waals surface area contributed by atoms with Gasteiger partial charge in [-0.15, -0.1) is 0 Å². The van der Waals surface area contributed by atoms with Crippen LogP contribution in [0.2, 0.25) is 0 Å². The summed E-state index contributed by atoms with van der Waals surface area (Å²) in [5.41, 5.74) is 0. The number of rotatable bonds is 2. The van der Waals surface area contributed by atoms with Crippen molar-refractivity contribution in [3.8, 4) is 0 Å². The van der Waals surface area contributed by atoms with Gasteiger partial charge in [0, 0.05) is 0 Å². The Morgan fingerprint density at radius 2 is 2.12 bits per heavy atom. The third kappa shape index (κ3) is 1.35. The van der Waals surface area contributed by atoms with Crippen LogP contribution in [-0.2, 0) is 0 Å². The minimum atomic E-state index is 0.631. The molecular weight excluding hydrogens is 213 g/mol. The first-order valence-electron chi connectivity index (χ1n) is 3.17. The van der Waals surface area contributed by atoms with Crippen LogP contribution in [0.25, 0.3) is 0 Å². The third-order valence-corrected chi connectivity index (χ3v) is 6.07. The molecule has 0 aromatic carbocycles. The zero-order valence-electron chi connectivity index (χ0n) is 5.74. The van der Waals surface area contributed by atoms with Crippen molar-refractivity contribution in [2.75, 3.05) is 14.1 Å². The molecule has 1 fully saturated rings. The maximum atomic E-state index is 2.31. The van der Waals surface area contributed by atoms with E-state index in [0.29, 0.717) is 21.2 Å². The van der Waals surface area contributed by atoms with E-state index in [1.807, 2.05) is 0 Å². The second-order valence-electron chi connectivity index (χ2n) is 2.53. The van der Waals surface area contributed by atoms with Crippen molar-refractivity contribution in [2.24, 2.45) is 0 Å². The summed E-state index contributed by atoms with van der Waals surface area (Å²) < 4.78 is 2.28. The number of alkyl halides is 2. The van der Waals surface area contributed by atoms with Gasteiger partial charge in [-0.3, -0.25) is 0 Å². The summed E-state index contributed by atoms with van der Waals surface area (Å²) in [4.78, 5) is 1.68. The Morgan fingerprint density at radius 1 is 1.50 bits per heavy atom. The predicted octanol–water partition coefficient (Wildman–Crippen LogP) is -3.66. The van der Waals surface area contributed by atoms with E-state index < -0.39 is 0 Å². The Bertz CT molecular complexity index is 82.6. The number of nitrogens with one attached hydrogen (secondary N) is 1. The molecule has 1 heterocycles. The van der Waals surface area contributed by atoms with Gasteiger partial charge in [0.05, 0.1) is 0 Å². The summed E-state index contributed by atoms with van der Waals surface area (Å²) in [6.45, 7) is 2.31. The van der Waals surface area contributed by atoms with Crippen LogP contribution < -0.4 is 26.1 Å². The summed E-state index contributed by atoms with van der Waals surface area (Å²) >= 11 is 0.631. The summed E-state index contributed by atoms with van der Waals surface area (Å²) in [5, 5.41) is 0. The zero-order valence-corrected chi connectivity index (χ0v) is 7.90. The third-order valence-electron chi connectivity index (χ3n) is 1.49. The zero-order chi connectivity index (χ0) is 6.15. The number of hydrogen-bond acceptors (Lipinski definition) is 0. The van der Waals surface area contributed by atoms with Crippen molar-refractivity contribution in [1.82, 2.24) is 0 Å². The fourth-order valence-corrected chi connectivity index (χ4v) is 4.13. The Labute approximate surface area is 61.7 Å². The molecular formula is C6H14IN. The van der Waals surface area contributed by atoms with E-state index in [9.17, 15) is 0 Å². The molecule has 0 aromatic heterocycles. The Balaban J connectivity index is 2.16. The molecule has 0 amide bonds. The van der Waals surface area contributed by atoms with E-state index in [0.717, 1.165) is 4.05 Å². The first kappa shape index (κ1) is 6.81. The molecule has 1 aliphatic rings. The van der Waals surface area contributed by atoms with Crippen LogP contribution in [0.1, 0.15) is 13.3 Å². The topological polar surface area (TPSA) is 4.44 Å². The van der Waals surface area contributed by atoms with E-state index in [1.54, 1.807) is 4.90 Å². The first-order valence-corrected chi connectivity index (χ1v) is 5.67. The van der Waals surface area contributed by atoms with Crippen LogP contribution in [0.5, 0.6) is 0 Å². The molecule has 1 N–H and O–H groups in total. The maximum absolute atomic E-state index is 2.31. The molecule has 50 valence electrons. The molecule has 1 aliphatic heterocycles. The van der Waals surface area contributed by atoms with Crippen molar-refractivity contribution >= 4 is 0 Å². The van der Waals surface area contributed by atoms with Crippen molar-refractivity contribution in [3.05, 3.63) is 0 Å².